The minimum Gasteiger partial charge on any atom is -0.454 e. The Kier molecular flexibility index (Phi) is 6.18. The van der Waals surface area contributed by atoms with Crippen molar-refractivity contribution in [3.05, 3.63) is 182 Å². The number of fused-ring (bicyclic) bond motifs is 7. The highest BCUT2D eigenvalue weighted by Gasteiger charge is 2.21. The molecular formula is C46H30N2O. The number of anilines is 3. The van der Waals surface area contributed by atoms with Gasteiger partial charge in [0, 0.05) is 38.6 Å². The highest BCUT2D eigenvalue weighted by Crippen LogP contribution is 2.44. The highest BCUT2D eigenvalue weighted by molar-refractivity contribution is 6.15. The number of hydrogen-bond donors (Lipinski definition) is 0. The van der Waals surface area contributed by atoms with Crippen molar-refractivity contribution in [2.45, 2.75) is 0 Å². The fourth-order valence-electron chi connectivity index (χ4n) is 7.46. The third-order valence-corrected chi connectivity index (χ3v) is 9.75. The van der Waals surface area contributed by atoms with Crippen molar-refractivity contribution in [3.63, 3.8) is 0 Å². The third-order valence-electron chi connectivity index (χ3n) is 9.75. The molecule has 10 rings (SSSR count). The second-order valence-corrected chi connectivity index (χ2v) is 12.6. The molecule has 0 aliphatic carbocycles. The number of rotatable bonds is 5. The van der Waals surface area contributed by atoms with Crippen molar-refractivity contribution in [1.29, 1.82) is 0 Å². The van der Waals surface area contributed by atoms with Crippen LogP contribution in [0.1, 0.15) is 0 Å². The Balaban J connectivity index is 1.25. The van der Waals surface area contributed by atoms with Crippen LogP contribution in [0.2, 0.25) is 0 Å². The monoisotopic (exact) mass is 626 g/mol. The van der Waals surface area contributed by atoms with E-state index in [0.29, 0.717) is 0 Å². The van der Waals surface area contributed by atoms with E-state index in [9.17, 15) is 0 Å². The van der Waals surface area contributed by atoms with Crippen LogP contribution in [0.25, 0.3) is 71.3 Å². The first-order chi connectivity index (χ1) is 24.3. The zero-order chi connectivity index (χ0) is 32.3. The maximum absolute atomic E-state index is 6.63. The van der Waals surface area contributed by atoms with Crippen molar-refractivity contribution >= 4 is 71.6 Å². The van der Waals surface area contributed by atoms with E-state index in [1.165, 1.54) is 38.2 Å². The van der Waals surface area contributed by atoms with E-state index in [4.69, 9.17) is 4.42 Å². The van der Waals surface area contributed by atoms with Crippen molar-refractivity contribution in [3.8, 4) is 16.8 Å². The molecule has 0 radical (unpaired) electrons. The molecule has 0 aliphatic heterocycles. The Morgan fingerprint density at radius 1 is 0.408 bits per heavy atom. The molecule has 0 N–H and O–H groups in total. The van der Waals surface area contributed by atoms with Crippen LogP contribution in [0.4, 0.5) is 17.1 Å². The molecule has 0 fully saturated rings. The van der Waals surface area contributed by atoms with E-state index in [1.54, 1.807) is 0 Å². The molecule has 0 atom stereocenters. The van der Waals surface area contributed by atoms with E-state index in [-0.39, 0.29) is 0 Å². The van der Waals surface area contributed by atoms with Gasteiger partial charge in [0.1, 0.15) is 5.58 Å². The van der Waals surface area contributed by atoms with Crippen LogP contribution in [-0.2, 0) is 0 Å². The highest BCUT2D eigenvalue weighted by atomic mass is 16.3. The second-order valence-electron chi connectivity index (χ2n) is 12.6. The number of aromatic nitrogens is 1. The van der Waals surface area contributed by atoms with Gasteiger partial charge in [-0.25, -0.2) is 0 Å². The standard InChI is InChI=1S/C46H30N2O/c1-3-12-31(13-4-1)32-22-24-36(25-23-32)47(42-20-11-19-40-39-18-9-10-21-45(39)49-46(40)42)37-26-27-38-41-28-33-14-7-8-15-34(33)29-43(41)48(44(38)30-37)35-16-5-2-6-17-35/h1-30H. The molecule has 230 valence electrons. The molecule has 0 saturated carbocycles. The van der Waals surface area contributed by atoms with Crippen LogP contribution >= 0.6 is 0 Å². The van der Waals surface area contributed by atoms with Gasteiger partial charge in [-0.15, -0.1) is 0 Å². The Morgan fingerprint density at radius 3 is 1.86 bits per heavy atom. The minimum atomic E-state index is 0.866. The number of nitrogens with zero attached hydrogens (tertiary/aromatic N) is 2. The predicted molar refractivity (Wildman–Crippen MR) is 206 cm³/mol. The average Bonchev–Trinajstić information content (AvgIpc) is 3.70. The van der Waals surface area contributed by atoms with Crippen molar-refractivity contribution in [2.75, 3.05) is 4.90 Å². The molecule has 0 aliphatic rings. The van der Waals surface area contributed by atoms with Crippen LogP contribution in [0, 0.1) is 0 Å². The number of para-hydroxylation sites is 3. The van der Waals surface area contributed by atoms with Crippen molar-refractivity contribution in [2.24, 2.45) is 0 Å². The first-order valence-corrected chi connectivity index (χ1v) is 16.7. The molecule has 3 nitrogen and oxygen atoms in total. The number of hydrogen-bond acceptors (Lipinski definition) is 2. The molecule has 10 aromatic rings. The van der Waals surface area contributed by atoms with Crippen LogP contribution in [0.15, 0.2) is 186 Å². The quantitative estimate of drug-likeness (QED) is 0.190. The molecular weight excluding hydrogens is 597 g/mol. The summed E-state index contributed by atoms with van der Waals surface area (Å²) in [5.74, 6) is 0. The summed E-state index contributed by atoms with van der Waals surface area (Å²) in [5, 5.41) is 7.14. The summed E-state index contributed by atoms with van der Waals surface area (Å²) in [6.07, 6.45) is 0. The SMILES string of the molecule is c1ccc(-c2ccc(N(c3ccc4c5cc6ccccc6cc5n(-c5ccccc5)c4c3)c3cccc4c3oc3ccccc34)cc2)cc1. The van der Waals surface area contributed by atoms with Gasteiger partial charge < -0.3 is 13.9 Å². The zero-order valence-corrected chi connectivity index (χ0v) is 26.6. The Morgan fingerprint density at radius 2 is 1.04 bits per heavy atom. The van der Waals surface area contributed by atoms with E-state index in [1.807, 2.05) is 12.1 Å². The molecule has 49 heavy (non-hydrogen) atoms. The first-order valence-electron chi connectivity index (χ1n) is 16.7. The lowest BCUT2D eigenvalue weighted by molar-refractivity contribution is 0.669. The van der Waals surface area contributed by atoms with Crippen molar-refractivity contribution in [1.82, 2.24) is 4.57 Å². The number of furan rings is 1. The molecule has 8 aromatic carbocycles. The molecule has 3 heteroatoms. The molecule has 2 aromatic heterocycles. The fourth-order valence-corrected chi connectivity index (χ4v) is 7.46. The van der Waals surface area contributed by atoms with E-state index >= 15 is 0 Å². The van der Waals surface area contributed by atoms with Gasteiger partial charge in [0.2, 0.25) is 0 Å². The van der Waals surface area contributed by atoms with Crippen LogP contribution in [0.5, 0.6) is 0 Å². The largest absolute Gasteiger partial charge is 0.454 e. The van der Waals surface area contributed by atoms with Gasteiger partial charge in [-0.05, 0) is 82.6 Å². The lowest BCUT2D eigenvalue weighted by Crippen LogP contribution is -2.10. The smallest absolute Gasteiger partial charge is 0.159 e. The maximum Gasteiger partial charge on any atom is 0.159 e. The molecule has 0 amide bonds. The van der Waals surface area contributed by atoms with Crippen LogP contribution in [-0.4, -0.2) is 4.57 Å². The van der Waals surface area contributed by atoms with Gasteiger partial charge in [-0.3, -0.25) is 0 Å². The van der Waals surface area contributed by atoms with Crippen LogP contribution in [0.3, 0.4) is 0 Å². The van der Waals surface area contributed by atoms with Gasteiger partial charge in [-0.1, -0.05) is 121 Å². The lowest BCUT2D eigenvalue weighted by atomic mass is 10.0. The van der Waals surface area contributed by atoms with Gasteiger partial charge in [0.15, 0.2) is 5.58 Å². The predicted octanol–water partition coefficient (Wildman–Crippen LogP) is 13.0. The molecule has 0 saturated heterocycles. The van der Waals surface area contributed by atoms with Gasteiger partial charge in [-0.2, -0.15) is 0 Å². The second kappa shape index (κ2) is 11.0. The number of benzene rings is 8. The lowest BCUT2D eigenvalue weighted by Gasteiger charge is -2.26. The zero-order valence-electron chi connectivity index (χ0n) is 26.6. The Hall–Kier alpha value is -6.58. The summed E-state index contributed by atoms with van der Waals surface area (Å²) in [5.41, 5.74) is 10.7. The maximum atomic E-state index is 6.63. The van der Waals surface area contributed by atoms with E-state index in [2.05, 4.69) is 179 Å². The molecule has 0 bridgehead atoms. The van der Waals surface area contributed by atoms with Crippen molar-refractivity contribution < 1.29 is 4.42 Å². The van der Waals surface area contributed by atoms with Gasteiger partial charge in [0.25, 0.3) is 0 Å². The van der Waals surface area contributed by atoms with E-state index < -0.39 is 0 Å². The third kappa shape index (κ3) is 4.44. The molecule has 0 unspecified atom stereocenters. The summed E-state index contributed by atoms with van der Waals surface area (Å²) in [7, 11) is 0. The summed E-state index contributed by atoms with van der Waals surface area (Å²) < 4.78 is 9.03. The first kappa shape index (κ1) is 27.5. The Labute approximate surface area is 283 Å². The summed E-state index contributed by atoms with van der Waals surface area (Å²) in [4.78, 5) is 2.34. The Bertz CT molecular complexity index is 2810. The summed E-state index contributed by atoms with van der Waals surface area (Å²) in [6, 6.07) is 65.0. The van der Waals surface area contributed by atoms with Gasteiger partial charge >= 0.3 is 0 Å². The summed E-state index contributed by atoms with van der Waals surface area (Å²) >= 11 is 0. The topological polar surface area (TPSA) is 21.3 Å². The van der Waals surface area contributed by atoms with E-state index in [0.717, 1.165) is 50.2 Å². The molecule has 0 spiro atoms. The fraction of sp³-hybridized carbons (Fsp3) is 0. The average molecular weight is 627 g/mol. The van der Waals surface area contributed by atoms with Gasteiger partial charge in [0.05, 0.1) is 16.7 Å². The minimum absolute atomic E-state index is 0.866. The normalized spacial score (nSPS) is 11.7. The van der Waals surface area contributed by atoms with Crippen LogP contribution < -0.4 is 4.90 Å². The summed E-state index contributed by atoms with van der Waals surface area (Å²) in [6.45, 7) is 0. The molecule has 2 heterocycles.